The van der Waals surface area contributed by atoms with Gasteiger partial charge < -0.3 is 14.8 Å². The minimum Gasteiger partial charge on any atom is -0.494 e. The molecule has 0 aliphatic carbocycles. The highest BCUT2D eigenvalue weighted by atomic mass is 35.5. The second-order valence-electron chi connectivity index (χ2n) is 4.77. The number of rotatable bonds is 7. The van der Waals surface area contributed by atoms with Crippen LogP contribution in [0.2, 0.25) is 0 Å². The van der Waals surface area contributed by atoms with Gasteiger partial charge in [0.25, 0.3) is 0 Å². The Morgan fingerprint density at radius 2 is 2.15 bits per heavy atom. The minimum absolute atomic E-state index is 0.467. The summed E-state index contributed by atoms with van der Waals surface area (Å²) >= 11 is 5.97. The van der Waals surface area contributed by atoms with Crippen LogP contribution < -0.4 is 10.1 Å². The quantitative estimate of drug-likeness (QED) is 0.785. The number of benzene rings is 1. The predicted molar refractivity (Wildman–Crippen MR) is 82.9 cm³/mol. The lowest BCUT2D eigenvalue weighted by atomic mass is 10.2. The molecule has 0 amide bonds. The number of nitrogens with one attached hydrogen (secondary N) is 1. The molecule has 1 fully saturated rings. The van der Waals surface area contributed by atoms with Crippen LogP contribution in [0.15, 0.2) is 18.2 Å². The molecule has 0 aromatic heterocycles. The van der Waals surface area contributed by atoms with E-state index in [4.69, 9.17) is 21.1 Å². The molecule has 20 heavy (non-hydrogen) atoms. The van der Waals surface area contributed by atoms with Gasteiger partial charge in [-0.25, -0.2) is 0 Å². The fourth-order valence-electron chi connectivity index (χ4n) is 2.27. The smallest absolute Gasteiger partial charge is 0.123 e. The van der Waals surface area contributed by atoms with Crippen molar-refractivity contribution < 1.29 is 9.47 Å². The summed E-state index contributed by atoms with van der Waals surface area (Å²) in [5.41, 5.74) is 2.13. The van der Waals surface area contributed by atoms with Gasteiger partial charge in [-0.1, -0.05) is 0 Å². The van der Waals surface area contributed by atoms with Crippen LogP contribution in [0.25, 0.3) is 0 Å². The van der Waals surface area contributed by atoms with Crippen molar-refractivity contribution >= 4 is 17.3 Å². The van der Waals surface area contributed by atoms with Crippen LogP contribution in [-0.4, -0.2) is 50.9 Å². The monoisotopic (exact) mass is 298 g/mol. The van der Waals surface area contributed by atoms with E-state index < -0.39 is 0 Å². The summed E-state index contributed by atoms with van der Waals surface area (Å²) in [5.74, 6) is 1.34. The number of morpholine rings is 1. The first kappa shape index (κ1) is 15.4. The molecule has 1 aromatic carbocycles. The Hall–Kier alpha value is -0.970. The summed E-state index contributed by atoms with van der Waals surface area (Å²) in [5, 5.41) is 3.44. The maximum absolute atomic E-state index is 5.97. The van der Waals surface area contributed by atoms with Crippen molar-refractivity contribution in [1.82, 2.24) is 4.90 Å². The lowest BCUT2D eigenvalue weighted by Gasteiger charge is -2.26. The number of halogens is 1. The summed E-state index contributed by atoms with van der Waals surface area (Å²) in [6.45, 7) is 8.34. The van der Waals surface area contributed by atoms with Crippen molar-refractivity contribution in [2.24, 2.45) is 0 Å². The standard InChI is InChI=1S/C15H23ClN2O2/c1-2-20-15-4-3-14(11-13(15)12-16)17-5-6-18-7-9-19-10-8-18/h3-4,11,17H,2,5-10,12H2,1H3. The van der Waals surface area contributed by atoms with E-state index in [1.807, 2.05) is 19.1 Å². The highest BCUT2D eigenvalue weighted by Gasteiger charge is 2.09. The number of hydrogen-bond acceptors (Lipinski definition) is 4. The Bertz CT molecular complexity index is 409. The van der Waals surface area contributed by atoms with E-state index >= 15 is 0 Å². The molecular weight excluding hydrogens is 276 g/mol. The topological polar surface area (TPSA) is 33.7 Å². The zero-order chi connectivity index (χ0) is 14.2. The van der Waals surface area contributed by atoms with E-state index in [2.05, 4.69) is 16.3 Å². The molecule has 1 saturated heterocycles. The molecule has 0 spiro atoms. The van der Waals surface area contributed by atoms with Gasteiger partial charge in [-0.15, -0.1) is 11.6 Å². The van der Waals surface area contributed by atoms with Crippen molar-refractivity contribution in [3.63, 3.8) is 0 Å². The lowest BCUT2D eigenvalue weighted by Crippen LogP contribution is -2.39. The van der Waals surface area contributed by atoms with Gasteiger partial charge in [0.1, 0.15) is 5.75 Å². The molecule has 1 N–H and O–H groups in total. The van der Waals surface area contributed by atoms with Gasteiger partial charge >= 0.3 is 0 Å². The summed E-state index contributed by atoms with van der Waals surface area (Å²) < 4.78 is 10.9. The molecule has 4 nitrogen and oxygen atoms in total. The van der Waals surface area contributed by atoms with E-state index in [0.29, 0.717) is 12.5 Å². The zero-order valence-corrected chi connectivity index (χ0v) is 12.8. The van der Waals surface area contributed by atoms with Crippen molar-refractivity contribution in [1.29, 1.82) is 0 Å². The summed E-state index contributed by atoms with van der Waals surface area (Å²) in [7, 11) is 0. The number of alkyl halides is 1. The Morgan fingerprint density at radius 3 is 2.85 bits per heavy atom. The van der Waals surface area contributed by atoms with Crippen LogP contribution in [0.1, 0.15) is 12.5 Å². The number of nitrogens with zero attached hydrogens (tertiary/aromatic N) is 1. The molecule has 0 saturated carbocycles. The van der Waals surface area contributed by atoms with Gasteiger partial charge in [0.2, 0.25) is 0 Å². The third kappa shape index (κ3) is 4.54. The third-order valence-electron chi connectivity index (χ3n) is 3.37. The van der Waals surface area contributed by atoms with Gasteiger partial charge in [-0.2, -0.15) is 0 Å². The third-order valence-corrected chi connectivity index (χ3v) is 3.65. The number of hydrogen-bond donors (Lipinski definition) is 1. The second kappa shape index (κ2) is 8.35. The fourth-order valence-corrected chi connectivity index (χ4v) is 2.48. The second-order valence-corrected chi connectivity index (χ2v) is 5.04. The van der Waals surface area contributed by atoms with E-state index in [9.17, 15) is 0 Å². The molecule has 5 heteroatoms. The van der Waals surface area contributed by atoms with Gasteiger partial charge in [-0.3, -0.25) is 4.90 Å². The summed E-state index contributed by atoms with van der Waals surface area (Å²) in [4.78, 5) is 2.41. The molecule has 112 valence electrons. The van der Waals surface area contributed by atoms with E-state index in [1.54, 1.807) is 0 Å². The molecule has 1 aromatic rings. The van der Waals surface area contributed by atoms with Crippen molar-refractivity contribution in [2.75, 3.05) is 51.3 Å². The van der Waals surface area contributed by atoms with E-state index in [1.165, 1.54) is 0 Å². The maximum Gasteiger partial charge on any atom is 0.123 e. The Labute approximate surface area is 126 Å². The molecular formula is C15H23ClN2O2. The molecule has 0 bridgehead atoms. The maximum atomic E-state index is 5.97. The van der Waals surface area contributed by atoms with Crippen LogP contribution in [0.4, 0.5) is 5.69 Å². The van der Waals surface area contributed by atoms with Crippen molar-refractivity contribution in [3.05, 3.63) is 23.8 Å². The SMILES string of the molecule is CCOc1ccc(NCCN2CCOCC2)cc1CCl. The molecule has 1 aliphatic heterocycles. The largest absolute Gasteiger partial charge is 0.494 e. The minimum atomic E-state index is 0.467. The summed E-state index contributed by atoms with van der Waals surface area (Å²) in [6.07, 6.45) is 0. The molecule has 2 rings (SSSR count). The molecule has 0 unspecified atom stereocenters. The Kier molecular flexibility index (Phi) is 6.43. The van der Waals surface area contributed by atoms with E-state index in [0.717, 1.165) is 56.4 Å². The van der Waals surface area contributed by atoms with Gasteiger partial charge in [0.05, 0.1) is 25.7 Å². The Morgan fingerprint density at radius 1 is 1.35 bits per heavy atom. The van der Waals surface area contributed by atoms with Gasteiger partial charge in [-0.05, 0) is 25.1 Å². The lowest BCUT2D eigenvalue weighted by molar-refractivity contribution is 0.0398. The van der Waals surface area contributed by atoms with E-state index in [-0.39, 0.29) is 0 Å². The average Bonchev–Trinajstić information content (AvgIpc) is 2.50. The van der Waals surface area contributed by atoms with Crippen LogP contribution in [0.3, 0.4) is 0 Å². The summed E-state index contributed by atoms with van der Waals surface area (Å²) in [6, 6.07) is 6.09. The number of ether oxygens (including phenoxy) is 2. The van der Waals surface area contributed by atoms with Crippen LogP contribution in [0, 0.1) is 0 Å². The van der Waals surface area contributed by atoms with Crippen LogP contribution in [-0.2, 0) is 10.6 Å². The first-order chi connectivity index (χ1) is 9.83. The molecule has 0 atom stereocenters. The fraction of sp³-hybridized carbons (Fsp3) is 0.600. The highest BCUT2D eigenvalue weighted by Crippen LogP contribution is 2.24. The number of anilines is 1. The predicted octanol–water partition coefficient (Wildman–Crippen LogP) is 2.57. The first-order valence-corrected chi connectivity index (χ1v) is 7.72. The van der Waals surface area contributed by atoms with Crippen molar-refractivity contribution in [3.8, 4) is 5.75 Å². The Balaban J connectivity index is 1.82. The van der Waals surface area contributed by atoms with Crippen molar-refractivity contribution in [2.45, 2.75) is 12.8 Å². The van der Waals surface area contributed by atoms with Gasteiger partial charge in [0.15, 0.2) is 0 Å². The average molecular weight is 299 g/mol. The molecule has 1 heterocycles. The molecule has 0 radical (unpaired) electrons. The highest BCUT2D eigenvalue weighted by molar-refractivity contribution is 6.17. The zero-order valence-electron chi connectivity index (χ0n) is 12.0. The van der Waals surface area contributed by atoms with Gasteiger partial charge in [0, 0.05) is 37.4 Å². The first-order valence-electron chi connectivity index (χ1n) is 7.19. The van der Waals surface area contributed by atoms with Crippen LogP contribution >= 0.6 is 11.6 Å². The molecule has 1 aliphatic rings. The normalized spacial score (nSPS) is 16.1. The van der Waals surface area contributed by atoms with Crippen LogP contribution in [0.5, 0.6) is 5.75 Å².